The molecule has 1 unspecified atom stereocenters. The van der Waals surface area contributed by atoms with Gasteiger partial charge in [0.15, 0.2) is 5.78 Å². The van der Waals surface area contributed by atoms with E-state index in [4.69, 9.17) is 0 Å². The lowest BCUT2D eigenvalue weighted by Crippen LogP contribution is -2.07. The second-order valence-electron chi connectivity index (χ2n) is 5.27. The van der Waals surface area contributed by atoms with Gasteiger partial charge in [0, 0.05) is 16.5 Å². The predicted octanol–water partition coefficient (Wildman–Crippen LogP) is 4.91. The van der Waals surface area contributed by atoms with Crippen LogP contribution < -0.4 is 0 Å². The van der Waals surface area contributed by atoms with Crippen molar-refractivity contribution >= 4 is 27.7 Å². The Morgan fingerprint density at radius 1 is 1.14 bits per heavy atom. The van der Waals surface area contributed by atoms with Gasteiger partial charge in [0.25, 0.3) is 0 Å². The van der Waals surface area contributed by atoms with Crippen LogP contribution in [-0.2, 0) is 0 Å². The number of aromatic carboxylic acids is 1. The van der Waals surface area contributed by atoms with E-state index < -0.39 is 5.97 Å². The normalized spacial score (nSPS) is 11.9. The Hall–Kier alpha value is -1.94. The van der Waals surface area contributed by atoms with Crippen LogP contribution in [0.15, 0.2) is 53.0 Å². The summed E-state index contributed by atoms with van der Waals surface area (Å²) < 4.78 is 0.877. The first-order chi connectivity index (χ1) is 10.5. The van der Waals surface area contributed by atoms with Gasteiger partial charge in [0.05, 0.1) is 5.56 Å². The van der Waals surface area contributed by atoms with E-state index in [0.29, 0.717) is 24.0 Å². The number of rotatable bonds is 6. The van der Waals surface area contributed by atoms with Crippen molar-refractivity contribution in [1.29, 1.82) is 0 Å². The molecule has 2 aromatic carbocycles. The number of carbonyl (C=O) groups is 2. The van der Waals surface area contributed by atoms with Crippen LogP contribution in [-0.4, -0.2) is 16.9 Å². The molecule has 0 aliphatic carbocycles. The molecule has 0 aliphatic rings. The van der Waals surface area contributed by atoms with E-state index in [0.717, 1.165) is 10.0 Å². The molecule has 0 aromatic heterocycles. The molecule has 0 radical (unpaired) electrons. The second kappa shape index (κ2) is 7.36. The van der Waals surface area contributed by atoms with Gasteiger partial charge in [-0.3, -0.25) is 4.79 Å². The molecule has 0 amide bonds. The molecule has 0 bridgehead atoms. The molecule has 1 atom stereocenters. The van der Waals surface area contributed by atoms with E-state index in [2.05, 4.69) is 15.9 Å². The molecule has 0 saturated heterocycles. The first kappa shape index (κ1) is 16.4. The molecule has 2 rings (SSSR count). The quantitative estimate of drug-likeness (QED) is 0.744. The van der Waals surface area contributed by atoms with Crippen molar-refractivity contribution in [1.82, 2.24) is 0 Å². The first-order valence-electron chi connectivity index (χ1n) is 7.10. The fraction of sp³-hybridized carbons (Fsp3) is 0.222. The lowest BCUT2D eigenvalue weighted by Gasteiger charge is -2.14. The van der Waals surface area contributed by atoms with Crippen LogP contribution in [0.3, 0.4) is 0 Å². The Kier molecular flexibility index (Phi) is 5.50. The van der Waals surface area contributed by atoms with Gasteiger partial charge in [0.1, 0.15) is 0 Å². The number of Topliss-reactive ketones (excluding diaryl/α,β-unsaturated/α-hetero) is 1. The molecule has 4 heteroatoms. The summed E-state index contributed by atoms with van der Waals surface area (Å²) >= 11 is 3.36. The summed E-state index contributed by atoms with van der Waals surface area (Å²) in [6.07, 6.45) is 1.02. The maximum Gasteiger partial charge on any atom is 0.335 e. The molecular weight excluding hydrogens is 344 g/mol. The minimum atomic E-state index is -0.930. The van der Waals surface area contributed by atoms with Crippen LogP contribution in [0.1, 0.15) is 52.0 Å². The Morgan fingerprint density at radius 3 is 2.55 bits per heavy atom. The Bertz CT molecular complexity index is 694. The zero-order valence-corrected chi connectivity index (χ0v) is 13.8. The van der Waals surface area contributed by atoms with Crippen molar-refractivity contribution in [3.8, 4) is 0 Å². The van der Waals surface area contributed by atoms with E-state index in [1.807, 2.05) is 31.2 Å². The highest BCUT2D eigenvalue weighted by Crippen LogP contribution is 2.25. The zero-order valence-electron chi connectivity index (χ0n) is 12.3. The predicted molar refractivity (Wildman–Crippen MR) is 89.5 cm³/mol. The van der Waals surface area contributed by atoms with E-state index in [1.54, 1.807) is 24.3 Å². The van der Waals surface area contributed by atoms with Gasteiger partial charge in [-0.25, -0.2) is 4.79 Å². The highest BCUT2D eigenvalue weighted by atomic mass is 79.9. The number of carbonyl (C=O) groups excluding carboxylic acids is 1. The molecule has 0 saturated carbocycles. The molecule has 0 aliphatic heterocycles. The summed E-state index contributed by atoms with van der Waals surface area (Å²) in [4.78, 5) is 23.5. The Morgan fingerprint density at radius 2 is 1.86 bits per heavy atom. The molecule has 1 N–H and O–H groups in total. The number of carboxylic acid groups (broad SMARTS) is 1. The van der Waals surface area contributed by atoms with E-state index >= 15 is 0 Å². The number of hydrogen-bond acceptors (Lipinski definition) is 2. The standard InChI is InChI=1S/C18H17BrO3/c1-12(15-7-2-3-8-16(15)18(21)22)9-10-17(20)13-5-4-6-14(19)11-13/h2-8,11-12H,9-10H2,1H3,(H,21,22). The SMILES string of the molecule is CC(CCC(=O)c1cccc(Br)c1)c1ccccc1C(=O)O. The van der Waals surface area contributed by atoms with Gasteiger partial charge in [-0.15, -0.1) is 0 Å². The lowest BCUT2D eigenvalue weighted by atomic mass is 9.90. The van der Waals surface area contributed by atoms with Gasteiger partial charge < -0.3 is 5.11 Å². The highest BCUT2D eigenvalue weighted by Gasteiger charge is 2.16. The average molecular weight is 361 g/mol. The molecule has 0 spiro atoms. The third-order valence-corrected chi connectivity index (χ3v) is 4.17. The van der Waals surface area contributed by atoms with Gasteiger partial charge in [-0.2, -0.15) is 0 Å². The van der Waals surface area contributed by atoms with Crippen LogP contribution in [0, 0.1) is 0 Å². The maximum atomic E-state index is 12.2. The third kappa shape index (κ3) is 4.04. The first-order valence-corrected chi connectivity index (χ1v) is 7.89. The summed E-state index contributed by atoms with van der Waals surface area (Å²) in [6, 6.07) is 14.3. The molecule has 3 nitrogen and oxygen atoms in total. The fourth-order valence-corrected chi connectivity index (χ4v) is 2.83. The maximum absolute atomic E-state index is 12.2. The fourth-order valence-electron chi connectivity index (χ4n) is 2.43. The molecule has 0 heterocycles. The average Bonchev–Trinajstić information content (AvgIpc) is 2.52. The van der Waals surface area contributed by atoms with Crippen molar-refractivity contribution in [3.05, 3.63) is 69.7 Å². The smallest absolute Gasteiger partial charge is 0.335 e. The molecule has 114 valence electrons. The zero-order chi connectivity index (χ0) is 16.1. The van der Waals surface area contributed by atoms with Crippen molar-refractivity contribution in [2.24, 2.45) is 0 Å². The number of hydrogen-bond donors (Lipinski definition) is 1. The minimum absolute atomic E-state index is 0.0170. The van der Waals surface area contributed by atoms with E-state index in [9.17, 15) is 14.7 Å². The van der Waals surface area contributed by atoms with Crippen molar-refractivity contribution < 1.29 is 14.7 Å². The second-order valence-corrected chi connectivity index (χ2v) is 6.18. The van der Waals surface area contributed by atoms with E-state index in [1.165, 1.54) is 0 Å². The molecule has 22 heavy (non-hydrogen) atoms. The van der Waals surface area contributed by atoms with E-state index in [-0.39, 0.29) is 11.7 Å². The number of carboxylic acids is 1. The van der Waals surface area contributed by atoms with Crippen molar-refractivity contribution in [2.75, 3.05) is 0 Å². The van der Waals surface area contributed by atoms with Crippen LogP contribution in [0.25, 0.3) is 0 Å². The van der Waals surface area contributed by atoms with Gasteiger partial charge in [-0.1, -0.05) is 53.2 Å². The largest absolute Gasteiger partial charge is 0.478 e. The third-order valence-electron chi connectivity index (χ3n) is 3.67. The lowest BCUT2D eigenvalue weighted by molar-refractivity contribution is 0.0695. The van der Waals surface area contributed by atoms with Gasteiger partial charge in [-0.05, 0) is 36.1 Å². The Labute approximate surface area is 138 Å². The van der Waals surface area contributed by atoms with Crippen molar-refractivity contribution in [2.45, 2.75) is 25.7 Å². The molecule has 0 fully saturated rings. The monoisotopic (exact) mass is 360 g/mol. The summed E-state index contributed by atoms with van der Waals surface area (Å²) in [7, 11) is 0. The summed E-state index contributed by atoms with van der Waals surface area (Å²) in [5.41, 5.74) is 1.76. The van der Waals surface area contributed by atoms with Crippen LogP contribution in [0.2, 0.25) is 0 Å². The topological polar surface area (TPSA) is 54.4 Å². The van der Waals surface area contributed by atoms with Gasteiger partial charge in [0.2, 0.25) is 0 Å². The Balaban J connectivity index is 2.06. The summed E-state index contributed by atoms with van der Waals surface area (Å²) in [5.74, 6) is -0.842. The number of benzene rings is 2. The molecule has 2 aromatic rings. The molecular formula is C18H17BrO3. The van der Waals surface area contributed by atoms with Crippen molar-refractivity contribution in [3.63, 3.8) is 0 Å². The number of halogens is 1. The summed E-state index contributed by atoms with van der Waals surface area (Å²) in [5, 5.41) is 9.23. The number of ketones is 1. The minimum Gasteiger partial charge on any atom is -0.478 e. The van der Waals surface area contributed by atoms with Gasteiger partial charge >= 0.3 is 5.97 Å². The highest BCUT2D eigenvalue weighted by molar-refractivity contribution is 9.10. The van der Waals surface area contributed by atoms with Crippen LogP contribution in [0.4, 0.5) is 0 Å². The summed E-state index contributed by atoms with van der Waals surface area (Å²) in [6.45, 7) is 1.95. The van der Waals surface area contributed by atoms with Crippen LogP contribution >= 0.6 is 15.9 Å². The van der Waals surface area contributed by atoms with Crippen LogP contribution in [0.5, 0.6) is 0 Å².